The van der Waals surface area contributed by atoms with Gasteiger partial charge in [-0.25, -0.2) is 0 Å². The molecule has 1 atom stereocenters. The molecule has 1 aromatic rings. The van der Waals surface area contributed by atoms with Gasteiger partial charge in [0.05, 0.1) is 12.5 Å². The molecule has 5 heteroatoms. The number of hydrogen-bond donors (Lipinski definition) is 2. The van der Waals surface area contributed by atoms with E-state index in [0.717, 1.165) is 17.7 Å². The highest BCUT2D eigenvalue weighted by molar-refractivity contribution is 5.91. The van der Waals surface area contributed by atoms with Crippen molar-refractivity contribution in [3.05, 3.63) is 29.8 Å². The molecule has 0 aromatic heterocycles. The number of carbonyl (C=O) groups is 2. The van der Waals surface area contributed by atoms with Crippen LogP contribution in [0.5, 0.6) is 0 Å². The highest BCUT2D eigenvalue weighted by atomic mass is 16.2. The smallest absolute Gasteiger partial charge is 0.239 e. The summed E-state index contributed by atoms with van der Waals surface area (Å²) in [6.07, 6.45) is 0.892. The van der Waals surface area contributed by atoms with E-state index in [2.05, 4.69) is 10.6 Å². The van der Waals surface area contributed by atoms with Crippen LogP contribution in [0.2, 0.25) is 0 Å². The van der Waals surface area contributed by atoms with E-state index < -0.39 is 0 Å². The summed E-state index contributed by atoms with van der Waals surface area (Å²) < 4.78 is 0. The second-order valence-electron chi connectivity index (χ2n) is 5.06. The lowest BCUT2D eigenvalue weighted by Gasteiger charge is -2.20. The van der Waals surface area contributed by atoms with Crippen LogP contribution in [0.15, 0.2) is 24.3 Å². The minimum Gasteiger partial charge on any atom is -0.384 e. The summed E-state index contributed by atoms with van der Waals surface area (Å²) in [6.45, 7) is 3.35. The molecule has 0 radical (unpaired) electrons. The molecular formula is C15H21N3O2. The van der Waals surface area contributed by atoms with E-state index in [1.807, 2.05) is 31.2 Å². The maximum absolute atomic E-state index is 12.4. The Morgan fingerprint density at radius 1 is 1.40 bits per heavy atom. The summed E-state index contributed by atoms with van der Waals surface area (Å²) >= 11 is 0. The highest BCUT2D eigenvalue weighted by Gasteiger charge is 2.30. The normalized spacial score (nSPS) is 16.2. The van der Waals surface area contributed by atoms with Gasteiger partial charge in [-0.05, 0) is 18.1 Å². The van der Waals surface area contributed by atoms with Crippen molar-refractivity contribution in [2.75, 3.05) is 32.0 Å². The molecule has 20 heavy (non-hydrogen) atoms. The Kier molecular flexibility index (Phi) is 4.61. The summed E-state index contributed by atoms with van der Waals surface area (Å²) in [6, 6.07) is 7.81. The van der Waals surface area contributed by atoms with Gasteiger partial charge >= 0.3 is 0 Å². The highest BCUT2D eigenvalue weighted by Crippen LogP contribution is 2.31. The molecule has 1 heterocycles. The zero-order valence-electron chi connectivity index (χ0n) is 12.0. The molecule has 2 rings (SSSR count). The third-order valence-electron chi connectivity index (χ3n) is 3.46. The Hall–Kier alpha value is -2.04. The zero-order chi connectivity index (χ0) is 14.5. The first-order valence-electron chi connectivity index (χ1n) is 6.98. The standard InChI is InChI=1S/C15H21N3O2/c1-3-8-16-14(19)10-18(2)15(20)12-9-17-13-7-5-4-6-11(12)13/h4-7,12,17H,3,8-10H2,1-2H3,(H,16,19). The van der Waals surface area contributed by atoms with Crippen molar-refractivity contribution < 1.29 is 9.59 Å². The van der Waals surface area contributed by atoms with E-state index in [0.29, 0.717) is 13.1 Å². The van der Waals surface area contributed by atoms with Gasteiger partial charge in [-0.1, -0.05) is 25.1 Å². The monoisotopic (exact) mass is 275 g/mol. The van der Waals surface area contributed by atoms with Crippen molar-refractivity contribution in [2.24, 2.45) is 0 Å². The van der Waals surface area contributed by atoms with Crippen LogP contribution in [0.3, 0.4) is 0 Å². The Morgan fingerprint density at radius 3 is 2.90 bits per heavy atom. The van der Waals surface area contributed by atoms with Gasteiger partial charge in [0.25, 0.3) is 0 Å². The fraction of sp³-hybridized carbons (Fsp3) is 0.467. The molecule has 0 bridgehead atoms. The number of nitrogens with zero attached hydrogens (tertiary/aromatic N) is 1. The Bertz CT molecular complexity index is 502. The van der Waals surface area contributed by atoms with Gasteiger partial charge < -0.3 is 15.5 Å². The van der Waals surface area contributed by atoms with Crippen LogP contribution in [0.25, 0.3) is 0 Å². The number of amides is 2. The number of rotatable bonds is 5. The number of fused-ring (bicyclic) bond motifs is 1. The Labute approximate surface area is 119 Å². The molecule has 1 aliphatic rings. The molecule has 108 valence electrons. The SMILES string of the molecule is CCCNC(=O)CN(C)C(=O)C1CNc2ccccc21. The summed E-state index contributed by atoms with van der Waals surface area (Å²) in [5.74, 6) is -0.328. The average molecular weight is 275 g/mol. The van der Waals surface area contributed by atoms with E-state index in [1.165, 1.54) is 4.90 Å². The maximum atomic E-state index is 12.4. The second kappa shape index (κ2) is 6.41. The van der Waals surface area contributed by atoms with Gasteiger partial charge in [-0.15, -0.1) is 0 Å². The van der Waals surface area contributed by atoms with Crippen molar-refractivity contribution in [2.45, 2.75) is 19.3 Å². The first kappa shape index (κ1) is 14.4. The third kappa shape index (κ3) is 3.10. The largest absolute Gasteiger partial charge is 0.384 e. The first-order valence-corrected chi connectivity index (χ1v) is 6.98. The minimum absolute atomic E-state index is 0.0194. The van der Waals surface area contributed by atoms with Crippen LogP contribution in [-0.4, -0.2) is 43.4 Å². The third-order valence-corrected chi connectivity index (χ3v) is 3.46. The summed E-state index contributed by atoms with van der Waals surface area (Å²) in [5.41, 5.74) is 2.02. The van der Waals surface area contributed by atoms with Crippen molar-refractivity contribution in [3.63, 3.8) is 0 Å². The number of hydrogen-bond acceptors (Lipinski definition) is 3. The van der Waals surface area contributed by atoms with Gasteiger partial charge in [0.15, 0.2) is 0 Å². The van der Waals surface area contributed by atoms with Crippen LogP contribution in [0, 0.1) is 0 Å². The number of anilines is 1. The van der Waals surface area contributed by atoms with E-state index in [1.54, 1.807) is 7.05 Å². The van der Waals surface area contributed by atoms with Crippen molar-refractivity contribution in [1.82, 2.24) is 10.2 Å². The lowest BCUT2D eigenvalue weighted by atomic mass is 10.00. The summed E-state index contributed by atoms with van der Waals surface area (Å²) in [4.78, 5) is 25.6. The predicted molar refractivity (Wildman–Crippen MR) is 78.6 cm³/mol. The molecule has 0 saturated heterocycles. The molecule has 5 nitrogen and oxygen atoms in total. The fourth-order valence-electron chi connectivity index (χ4n) is 2.38. The van der Waals surface area contributed by atoms with Crippen LogP contribution in [-0.2, 0) is 9.59 Å². The van der Waals surface area contributed by atoms with E-state index in [4.69, 9.17) is 0 Å². The van der Waals surface area contributed by atoms with Gasteiger partial charge in [0.1, 0.15) is 0 Å². The van der Waals surface area contributed by atoms with Crippen LogP contribution < -0.4 is 10.6 Å². The van der Waals surface area contributed by atoms with Crippen molar-refractivity contribution in [1.29, 1.82) is 0 Å². The Balaban J connectivity index is 1.96. The van der Waals surface area contributed by atoms with Gasteiger partial charge in [0, 0.05) is 25.8 Å². The molecule has 0 aliphatic carbocycles. The number of para-hydroxylation sites is 1. The summed E-state index contributed by atoms with van der Waals surface area (Å²) in [7, 11) is 1.68. The van der Waals surface area contributed by atoms with Gasteiger partial charge in [0.2, 0.25) is 11.8 Å². The number of benzene rings is 1. The fourth-order valence-corrected chi connectivity index (χ4v) is 2.38. The first-order chi connectivity index (χ1) is 9.63. The van der Waals surface area contributed by atoms with Crippen LogP contribution in [0.1, 0.15) is 24.8 Å². The van der Waals surface area contributed by atoms with Crippen LogP contribution >= 0.6 is 0 Å². The lowest BCUT2D eigenvalue weighted by Crippen LogP contribution is -2.41. The molecule has 0 fully saturated rings. The quantitative estimate of drug-likeness (QED) is 0.848. The minimum atomic E-state index is -0.199. The van der Waals surface area contributed by atoms with Crippen molar-refractivity contribution >= 4 is 17.5 Å². The molecule has 2 amide bonds. The van der Waals surface area contributed by atoms with E-state index >= 15 is 0 Å². The van der Waals surface area contributed by atoms with Crippen LogP contribution in [0.4, 0.5) is 5.69 Å². The molecule has 1 aliphatic heterocycles. The zero-order valence-corrected chi connectivity index (χ0v) is 12.0. The van der Waals surface area contributed by atoms with Crippen molar-refractivity contribution in [3.8, 4) is 0 Å². The molecule has 1 aromatic carbocycles. The predicted octanol–water partition coefficient (Wildman–Crippen LogP) is 1.18. The molecule has 2 N–H and O–H groups in total. The van der Waals surface area contributed by atoms with E-state index in [-0.39, 0.29) is 24.3 Å². The maximum Gasteiger partial charge on any atom is 0.239 e. The number of nitrogens with one attached hydrogen (secondary N) is 2. The number of likely N-dealkylation sites (N-methyl/N-ethyl adjacent to an activating group) is 1. The molecule has 1 unspecified atom stereocenters. The van der Waals surface area contributed by atoms with Gasteiger partial charge in [-0.2, -0.15) is 0 Å². The Morgan fingerprint density at radius 2 is 2.15 bits per heavy atom. The average Bonchev–Trinajstić information content (AvgIpc) is 2.88. The number of carbonyl (C=O) groups excluding carboxylic acids is 2. The topological polar surface area (TPSA) is 61.4 Å². The van der Waals surface area contributed by atoms with Gasteiger partial charge in [-0.3, -0.25) is 9.59 Å². The second-order valence-corrected chi connectivity index (χ2v) is 5.06. The lowest BCUT2D eigenvalue weighted by molar-refractivity contribution is -0.135. The van der Waals surface area contributed by atoms with E-state index in [9.17, 15) is 9.59 Å². The summed E-state index contributed by atoms with van der Waals surface area (Å²) in [5, 5.41) is 6.00. The molecule has 0 spiro atoms. The molecular weight excluding hydrogens is 254 g/mol. The molecule has 0 saturated carbocycles.